The summed E-state index contributed by atoms with van der Waals surface area (Å²) in [6, 6.07) is 7.46. The van der Waals surface area contributed by atoms with Gasteiger partial charge in [-0.05, 0) is 49.0 Å². The Morgan fingerprint density at radius 1 is 1.39 bits per heavy atom. The van der Waals surface area contributed by atoms with Gasteiger partial charge in [-0.3, -0.25) is 4.79 Å². The predicted molar refractivity (Wildman–Crippen MR) is 97.2 cm³/mol. The van der Waals surface area contributed by atoms with E-state index in [1.54, 1.807) is 11.8 Å². The Morgan fingerprint density at radius 3 is 2.65 bits per heavy atom. The molecule has 128 valence electrons. The molecule has 1 aromatic carbocycles. The van der Waals surface area contributed by atoms with E-state index in [4.69, 9.17) is 22.1 Å². The fraction of sp³-hybridized carbons (Fsp3) is 0.588. The van der Waals surface area contributed by atoms with E-state index in [1.165, 1.54) is 5.56 Å². The first-order valence-electron chi connectivity index (χ1n) is 7.93. The molecular weight excluding hydrogens is 332 g/mol. The molecule has 1 aliphatic heterocycles. The summed E-state index contributed by atoms with van der Waals surface area (Å²) in [7, 11) is 0. The predicted octanol–water partition coefficient (Wildman–Crippen LogP) is 2.58. The average molecular weight is 357 g/mol. The maximum absolute atomic E-state index is 12.2. The highest BCUT2D eigenvalue weighted by molar-refractivity contribution is 7.98. The van der Waals surface area contributed by atoms with Crippen molar-refractivity contribution < 1.29 is 9.53 Å². The van der Waals surface area contributed by atoms with Gasteiger partial charge in [0.25, 0.3) is 0 Å². The third-order valence-corrected chi connectivity index (χ3v) is 5.37. The van der Waals surface area contributed by atoms with Crippen LogP contribution in [0.25, 0.3) is 0 Å². The summed E-state index contributed by atoms with van der Waals surface area (Å²) in [6.07, 6.45) is 4.48. The summed E-state index contributed by atoms with van der Waals surface area (Å²) in [5.41, 5.74) is 7.05. The number of hydrogen-bond donors (Lipinski definition) is 2. The van der Waals surface area contributed by atoms with Gasteiger partial charge in [-0.25, -0.2) is 0 Å². The minimum absolute atomic E-state index is 0.0705. The number of carbonyl (C=O) groups is 1. The van der Waals surface area contributed by atoms with Crippen LogP contribution in [-0.4, -0.2) is 43.7 Å². The molecule has 2 rings (SSSR count). The van der Waals surface area contributed by atoms with Gasteiger partial charge in [0.1, 0.15) is 0 Å². The highest BCUT2D eigenvalue weighted by atomic mass is 35.5. The smallest absolute Gasteiger partial charge is 0.236 e. The summed E-state index contributed by atoms with van der Waals surface area (Å²) >= 11 is 7.70. The third-order valence-electron chi connectivity index (χ3n) is 4.48. The number of carbonyl (C=O) groups excluding carboxylic acids is 1. The first-order valence-corrected chi connectivity index (χ1v) is 9.71. The molecule has 1 amide bonds. The van der Waals surface area contributed by atoms with Crippen LogP contribution in [0, 0.1) is 0 Å². The van der Waals surface area contributed by atoms with Crippen molar-refractivity contribution in [3.8, 4) is 0 Å². The van der Waals surface area contributed by atoms with Crippen LogP contribution >= 0.6 is 23.4 Å². The molecule has 1 aliphatic rings. The largest absolute Gasteiger partial charge is 0.381 e. The molecule has 1 heterocycles. The molecule has 1 saturated heterocycles. The molecule has 1 atom stereocenters. The van der Waals surface area contributed by atoms with E-state index in [0.717, 1.165) is 23.6 Å². The number of rotatable bonds is 7. The zero-order valence-electron chi connectivity index (χ0n) is 13.5. The second-order valence-electron chi connectivity index (χ2n) is 6.01. The summed E-state index contributed by atoms with van der Waals surface area (Å²) in [5, 5.41) is 3.77. The van der Waals surface area contributed by atoms with Crippen molar-refractivity contribution in [3.05, 3.63) is 34.9 Å². The number of ether oxygens (including phenoxy) is 1. The molecule has 0 unspecified atom stereocenters. The fourth-order valence-electron chi connectivity index (χ4n) is 2.90. The monoisotopic (exact) mass is 356 g/mol. The number of nitrogens with one attached hydrogen (secondary N) is 1. The van der Waals surface area contributed by atoms with Gasteiger partial charge in [0.15, 0.2) is 0 Å². The number of halogens is 1. The quantitative estimate of drug-likeness (QED) is 0.788. The molecule has 1 aromatic rings. The molecule has 1 fully saturated rings. The van der Waals surface area contributed by atoms with Gasteiger partial charge < -0.3 is 15.8 Å². The topological polar surface area (TPSA) is 64.4 Å². The summed E-state index contributed by atoms with van der Waals surface area (Å²) in [5.74, 6) is 0.823. The van der Waals surface area contributed by atoms with Gasteiger partial charge in [-0.1, -0.05) is 23.7 Å². The van der Waals surface area contributed by atoms with Gasteiger partial charge in [0.2, 0.25) is 5.91 Å². The van der Waals surface area contributed by atoms with Gasteiger partial charge >= 0.3 is 0 Å². The number of benzene rings is 1. The Hall–Kier alpha value is -0.750. The normalized spacial score (nSPS) is 18.4. The van der Waals surface area contributed by atoms with Crippen molar-refractivity contribution in [2.24, 2.45) is 5.73 Å². The molecule has 0 aromatic heterocycles. The molecule has 0 radical (unpaired) electrons. The Kier molecular flexibility index (Phi) is 7.21. The molecule has 3 N–H and O–H groups in total. The lowest BCUT2D eigenvalue weighted by Crippen LogP contribution is -2.49. The van der Waals surface area contributed by atoms with Crippen LogP contribution in [0.15, 0.2) is 24.3 Å². The van der Waals surface area contributed by atoms with Crippen LogP contribution < -0.4 is 11.1 Å². The molecule has 23 heavy (non-hydrogen) atoms. The van der Waals surface area contributed by atoms with Crippen molar-refractivity contribution in [1.82, 2.24) is 5.32 Å². The molecule has 0 bridgehead atoms. The van der Waals surface area contributed by atoms with Crippen LogP contribution in [0.1, 0.15) is 24.8 Å². The summed E-state index contributed by atoms with van der Waals surface area (Å²) in [6.45, 7) is 2.00. The second kappa shape index (κ2) is 8.92. The third kappa shape index (κ3) is 5.11. The van der Waals surface area contributed by atoms with Crippen molar-refractivity contribution >= 4 is 29.3 Å². The van der Waals surface area contributed by atoms with Crippen molar-refractivity contribution in [1.29, 1.82) is 0 Å². The van der Waals surface area contributed by atoms with E-state index in [9.17, 15) is 4.79 Å². The van der Waals surface area contributed by atoms with Crippen molar-refractivity contribution in [3.63, 3.8) is 0 Å². The first-order chi connectivity index (χ1) is 11.1. The van der Waals surface area contributed by atoms with Crippen LogP contribution in [-0.2, 0) is 14.9 Å². The van der Waals surface area contributed by atoms with E-state index in [0.29, 0.717) is 26.2 Å². The van der Waals surface area contributed by atoms with Crippen LogP contribution in [0.5, 0.6) is 0 Å². The Balaban J connectivity index is 2.04. The number of hydrogen-bond acceptors (Lipinski definition) is 4. The lowest BCUT2D eigenvalue weighted by molar-refractivity contribution is -0.122. The first kappa shape index (κ1) is 18.6. The zero-order chi connectivity index (χ0) is 16.7. The fourth-order valence-corrected chi connectivity index (χ4v) is 3.51. The van der Waals surface area contributed by atoms with E-state index >= 15 is 0 Å². The minimum atomic E-state index is -0.440. The minimum Gasteiger partial charge on any atom is -0.381 e. The summed E-state index contributed by atoms with van der Waals surface area (Å²) in [4.78, 5) is 12.2. The number of nitrogens with two attached hydrogens (primary N) is 1. The lowest BCUT2D eigenvalue weighted by Gasteiger charge is -2.38. The molecule has 0 aliphatic carbocycles. The van der Waals surface area contributed by atoms with Gasteiger partial charge in [-0.15, -0.1) is 0 Å². The highest BCUT2D eigenvalue weighted by Crippen LogP contribution is 2.34. The lowest BCUT2D eigenvalue weighted by atomic mass is 9.74. The number of amides is 1. The zero-order valence-corrected chi connectivity index (χ0v) is 15.1. The Labute approximate surface area is 147 Å². The maximum atomic E-state index is 12.2. The Bertz CT molecular complexity index is 504. The molecular formula is C17H25ClN2O2S. The van der Waals surface area contributed by atoms with E-state index in [-0.39, 0.29) is 11.3 Å². The van der Waals surface area contributed by atoms with Gasteiger partial charge in [0.05, 0.1) is 6.04 Å². The van der Waals surface area contributed by atoms with E-state index in [1.807, 2.05) is 30.5 Å². The SMILES string of the molecule is CSCC[C@H](N)C(=O)NCC1(c2ccc(Cl)cc2)CCOCC1. The Morgan fingerprint density at radius 2 is 2.04 bits per heavy atom. The maximum Gasteiger partial charge on any atom is 0.236 e. The van der Waals surface area contributed by atoms with Crippen molar-refractivity contribution in [2.45, 2.75) is 30.7 Å². The standard InChI is InChI=1S/C17H25ClN2O2S/c1-23-11-6-15(19)16(21)20-12-17(7-9-22-10-8-17)13-2-4-14(18)5-3-13/h2-5,15H,6-12,19H2,1H3,(H,20,21)/t15-/m0/s1. The second-order valence-corrected chi connectivity index (χ2v) is 7.43. The average Bonchev–Trinajstić information content (AvgIpc) is 2.59. The van der Waals surface area contributed by atoms with Crippen molar-refractivity contribution in [2.75, 3.05) is 31.8 Å². The van der Waals surface area contributed by atoms with Crippen LogP contribution in [0.4, 0.5) is 0 Å². The van der Waals surface area contributed by atoms with E-state index < -0.39 is 6.04 Å². The van der Waals surface area contributed by atoms with Crippen LogP contribution in [0.2, 0.25) is 5.02 Å². The molecule has 0 saturated carbocycles. The van der Waals surface area contributed by atoms with Gasteiger partial charge in [0, 0.05) is 30.2 Å². The van der Waals surface area contributed by atoms with E-state index in [2.05, 4.69) is 5.32 Å². The molecule has 6 heteroatoms. The van der Waals surface area contributed by atoms with Gasteiger partial charge in [-0.2, -0.15) is 11.8 Å². The molecule has 4 nitrogen and oxygen atoms in total. The molecule has 0 spiro atoms. The number of thioether (sulfide) groups is 1. The highest BCUT2D eigenvalue weighted by Gasteiger charge is 2.35. The van der Waals surface area contributed by atoms with Crippen LogP contribution in [0.3, 0.4) is 0 Å². The summed E-state index contributed by atoms with van der Waals surface area (Å²) < 4.78 is 5.51.